The molecule has 1 fully saturated rings. The fourth-order valence-corrected chi connectivity index (χ4v) is 0.688. The van der Waals surface area contributed by atoms with Crippen molar-refractivity contribution in [2.45, 2.75) is 12.5 Å². The van der Waals surface area contributed by atoms with Crippen molar-refractivity contribution < 1.29 is 9.66 Å². The zero-order valence-corrected chi connectivity index (χ0v) is 4.37. The Labute approximate surface area is 46.6 Å². The summed E-state index contributed by atoms with van der Waals surface area (Å²) in [6, 6.07) is -0.435. The molecule has 0 amide bonds. The van der Waals surface area contributed by atoms with E-state index in [0.29, 0.717) is 19.6 Å². The van der Waals surface area contributed by atoms with Crippen LogP contribution in [0.15, 0.2) is 0 Å². The van der Waals surface area contributed by atoms with Crippen LogP contribution in [0.4, 0.5) is 0 Å². The van der Waals surface area contributed by atoms with Crippen LogP contribution in [0, 0.1) is 10.1 Å². The Bertz CT molecular complexity index is 97.5. The number of rotatable bonds is 1. The minimum Gasteiger partial charge on any atom is -0.374 e. The molecule has 1 rings (SSSR count). The van der Waals surface area contributed by atoms with Gasteiger partial charge in [0.15, 0.2) is 0 Å². The summed E-state index contributed by atoms with van der Waals surface area (Å²) in [6.07, 6.45) is 0.576. The smallest absolute Gasteiger partial charge is 0.238 e. The molecule has 46 valence electrons. The lowest BCUT2D eigenvalue weighted by atomic mass is 10.3. The number of nitro groups is 1. The molecule has 0 bridgehead atoms. The fourth-order valence-electron chi connectivity index (χ4n) is 0.688. The number of ether oxygens (including phenoxy) is 1. The van der Waals surface area contributed by atoms with E-state index in [-0.39, 0.29) is 4.92 Å². The molecule has 0 N–H and O–H groups in total. The Hall–Kier alpha value is -0.640. The van der Waals surface area contributed by atoms with Crippen molar-refractivity contribution >= 4 is 0 Å². The lowest BCUT2D eigenvalue weighted by Gasteiger charge is -1.93. The summed E-state index contributed by atoms with van der Waals surface area (Å²) in [5, 5.41) is 9.93. The molecule has 1 unspecified atom stereocenters. The maximum absolute atomic E-state index is 9.93. The molecule has 1 atom stereocenters. The van der Waals surface area contributed by atoms with Crippen LogP contribution in [-0.2, 0) is 4.74 Å². The van der Waals surface area contributed by atoms with E-state index in [1.165, 1.54) is 0 Å². The second-order valence-electron chi connectivity index (χ2n) is 1.80. The number of hydrogen-bond donors (Lipinski definition) is 0. The van der Waals surface area contributed by atoms with Gasteiger partial charge < -0.3 is 4.74 Å². The minimum atomic E-state index is -0.435. The predicted molar refractivity (Wildman–Crippen MR) is 26.2 cm³/mol. The van der Waals surface area contributed by atoms with Crippen LogP contribution >= 0.6 is 0 Å². The molecule has 1 saturated heterocycles. The molecule has 0 spiro atoms. The van der Waals surface area contributed by atoms with Crippen LogP contribution in [0.2, 0.25) is 0 Å². The molecule has 4 nitrogen and oxygen atoms in total. The summed E-state index contributed by atoms with van der Waals surface area (Å²) >= 11 is 0. The van der Waals surface area contributed by atoms with Crippen molar-refractivity contribution in [2.24, 2.45) is 0 Å². The number of nitrogens with zero attached hydrogens (tertiary/aromatic N) is 1. The normalized spacial score (nSPS) is 28.2. The van der Waals surface area contributed by atoms with Crippen molar-refractivity contribution in [3.63, 3.8) is 0 Å². The molecule has 1 heterocycles. The molecule has 0 aromatic rings. The van der Waals surface area contributed by atoms with Crippen LogP contribution < -0.4 is 0 Å². The number of hydrogen-bond acceptors (Lipinski definition) is 3. The van der Waals surface area contributed by atoms with Crippen molar-refractivity contribution in [3.8, 4) is 0 Å². The van der Waals surface area contributed by atoms with Gasteiger partial charge in [0.05, 0.1) is 6.61 Å². The predicted octanol–water partition coefficient (Wildman–Crippen LogP) is 0.0520. The average molecular weight is 117 g/mol. The third-order valence-electron chi connectivity index (χ3n) is 1.20. The van der Waals surface area contributed by atoms with E-state index in [0.717, 1.165) is 0 Å². The molecule has 0 aromatic carbocycles. The van der Waals surface area contributed by atoms with Gasteiger partial charge in [0, 0.05) is 11.3 Å². The minimum absolute atomic E-state index is 0.285. The Balaban J connectivity index is 2.35. The first-order valence-electron chi connectivity index (χ1n) is 2.52. The Morgan fingerprint density at radius 1 is 1.75 bits per heavy atom. The Morgan fingerprint density at radius 3 is 2.75 bits per heavy atom. The maximum atomic E-state index is 9.93. The average Bonchev–Trinajstić information content (AvgIpc) is 2.12. The summed E-state index contributed by atoms with van der Waals surface area (Å²) < 4.78 is 4.78. The van der Waals surface area contributed by atoms with Gasteiger partial charge in [-0.1, -0.05) is 0 Å². The molecular formula is C4H7NO3. The van der Waals surface area contributed by atoms with E-state index in [1.807, 2.05) is 0 Å². The molecule has 0 aliphatic carbocycles. The lowest BCUT2D eigenvalue weighted by Crippen LogP contribution is -2.18. The van der Waals surface area contributed by atoms with Gasteiger partial charge in [-0.3, -0.25) is 10.1 Å². The zero-order valence-electron chi connectivity index (χ0n) is 4.37. The van der Waals surface area contributed by atoms with E-state index >= 15 is 0 Å². The molecule has 0 saturated carbocycles. The first kappa shape index (κ1) is 5.50. The van der Waals surface area contributed by atoms with Crippen LogP contribution in [0.1, 0.15) is 6.42 Å². The van der Waals surface area contributed by atoms with Gasteiger partial charge in [-0.15, -0.1) is 0 Å². The van der Waals surface area contributed by atoms with Crippen LogP contribution in [0.3, 0.4) is 0 Å². The standard InChI is InChI=1S/C4H7NO3/c6-5(7)4-1-2-8-3-4/h4H,1-3H2. The molecule has 0 radical (unpaired) electrons. The summed E-state index contributed by atoms with van der Waals surface area (Å²) in [5.41, 5.74) is 0. The highest BCUT2D eigenvalue weighted by molar-refractivity contribution is 4.60. The van der Waals surface area contributed by atoms with Gasteiger partial charge in [0.1, 0.15) is 6.61 Å². The Kier molecular flexibility index (Phi) is 1.43. The van der Waals surface area contributed by atoms with Gasteiger partial charge in [-0.05, 0) is 0 Å². The first-order valence-corrected chi connectivity index (χ1v) is 2.52. The third kappa shape index (κ3) is 0.949. The monoisotopic (exact) mass is 117 g/mol. The van der Waals surface area contributed by atoms with Crippen molar-refractivity contribution in [3.05, 3.63) is 10.1 Å². The Morgan fingerprint density at radius 2 is 2.50 bits per heavy atom. The maximum Gasteiger partial charge on any atom is 0.238 e. The molecular weight excluding hydrogens is 110 g/mol. The van der Waals surface area contributed by atoms with Crippen molar-refractivity contribution in [2.75, 3.05) is 13.2 Å². The van der Waals surface area contributed by atoms with Gasteiger partial charge >= 0.3 is 0 Å². The summed E-state index contributed by atoms with van der Waals surface area (Å²) in [6.45, 7) is 0.846. The van der Waals surface area contributed by atoms with Crippen LogP contribution in [0.25, 0.3) is 0 Å². The SMILES string of the molecule is O=[N+]([O-])C1CCOC1. The second kappa shape index (κ2) is 2.09. The first-order chi connectivity index (χ1) is 3.80. The largest absolute Gasteiger partial charge is 0.374 e. The molecule has 0 aromatic heterocycles. The van der Waals surface area contributed by atoms with E-state index < -0.39 is 6.04 Å². The topological polar surface area (TPSA) is 52.4 Å². The van der Waals surface area contributed by atoms with Crippen LogP contribution in [0.5, 0.6) is 0 Å². The highest BCUT2D eigenvalue weighted by Gasteiger charge is 2.24. The van der Waals surface area contributed by atoms with Gasteiger partial charge in [0.25, 0.3) is 0 Å². The third-order valence-corrected chi connectivity index (χ3v) is 1.20. The fraction of sp³-hybridized carbons (Fsp3) is 1.00. The van der Waals surface area contributed by atoms with E-state index in [1.54, 1.807) is 0 Å². The summed E-state index contributed by atoms with van der Waals surface area (Å²) in [4.78, 5) is 9.64. The van der Waals surface area contributed by atoms with Gasteiger partial charge in [0.2, 0.25) is 6.04 Å². The quantitative estimate of drug-likeness (QED) is 0.360. The lowest BCUT2D eigenvalue weighted by molar-refractivity contribution is -0.519. The highest BCUT2D eigenvalue weighted by atomic mass is 16.6. The van der Waals surface area contributed by atoms with E-state index in [9.17, 15) is 10.1 Å². The molecule has 1 aliphatic heterocycles. The highest BCUT2D eigenvalue weighted by Crippen LogP contribution is 2.05. The van der Waals surface area contributed by atoms with Crippen molar-refractivity contribution in [1.82, 2.24) is 0 Å². The van der Waals surface area contributed by atoms with Crippen LogP contribution in [-0.4, -0.2) is 24.2 Å². The molecule has 8 heavy (non-hydrogen) atoms. The molecule has 4 heteroatoms. The van der Waals surface area contributed by atoms with Crippen molar-refractivity contribution in [1.29, 1.82) is 0 Å². The summed E-state index contributed by atoms with van der Waals surface area (Å²) in [7, 11) is 0. The van der Waals surface area contributed by atoms with Gasteiger partial charge in [-0.2, -0.15) is 0 Å². The van der Waals surface area contributed by atoms with Gasteiger partial charge in [-0.25, -0.2) is 0 Å². The summed E-state index contributed by atoms with van der Waals surface area (Å²) in [5.74, 6) is 0. The molecule has 1 aliphatic rings. The zero-order chi connectivity index (χ0) is 5.98. The second-order valence-corrected chi connectivity index (χ2v) is 1.80. The van der Waals surface area contributed by atoms with E-state index in [4.69, 9.17) is 4.74 Å². The van der Waals surface area contributed by atoms with E-state index in [2.05, 4.69) is 0 Å².